The van der Waals surface area contributed by atoms with Crippen molar-refractivity contribution in [3.63, 3.8) is 0 Å². The Bertz CT molecular complexity index is 844. The van der Waals surface area contributed by atoms with Crippen LogP contribution in [-0.2, 0) is 0 Å². The van der Waals surface area contributed by atoms with Crippen LogP contribution in [0.25, 0.3) is 22.6 Å². The normalized spacial score (nSPS) is 10.6. The molecule has 0 unspecified atom stereocenters. The van der Waals surface area contributed by atoms with E-state index in [2.05, 4.69) is 9.97 Å². The van der Waals surface area contributed by atoms with Gasteiger partial charge in [-0.3, -0.25) is 10.1 Å². The quantitative estimate of drug-likeness (QED) is 0.545. The molecule has 0 spiro atoms. The van der Waals surface area contributed by atoms with Gasteiger partial charge in [-0.1, -0.05) is 0 Å². The number of hydrogen-bond acceptors (Lipinski definition) is 5. The highest BCUT2D eigenvalue weighted by Crippen LogP contribution is 2.32. The first-order valence-corrected chi connectivity index (χ1v) is 6.05. The van der Waals surface area contributed by atoms with Gasteiger partial charge in [0.25, 0.3) is 0 Å². The van der Waals surface area contributed by atoms with Gasteiger partial charge in [0.05, 0.1) is 6.07 Å². The molecule has 1 aromatic carbocycles. The molecule has 2 heterocycles. The first-order valence-electron chi connectivity index (χ1n) is 6.05. The van der Waals surface area contributed by atoms with Crippen LogP contribution in [0, 0.1) is 21.7 Å². The van der Waals surface area contributed by atoms with Crippen molar-refractivity contribution in [2.45, 2.75) is 0 Å². The molecule has 0 aliphatic rings. The predicted octanol–water partition coefficient (Wildman–Crippen LogP) is 3.59. The first kappa shape index (κ1) is 13.8. The highest BCUT2D eigenvalue weighted by Gasteiger charge is 2.18. The summed E-state index contributed by atoms with van der Waals surface area (Å²) in [6.45, 7) is 0. The number of furan rings is 1. The van der Waals surface area contributed by atoms with Crippen molar-refractivity contribution in [3.05, 3.63) is 64.6 Å². The summed E-state index contributed by atoms with van der Waals surface area (Å²) in [5.41, 5.74) is 0.699. The average molecular weight is 303 g/mol. The molecule has 0 aliphatic heterocycles. The lowest BCUT2D eigenvalue weighted by atomic mass is 10.0. The summed E-state index contributed by atoms with van der Waals surface area (Å²) in [7, 11) is 0. The molecule has 2 aromatic heterocycles. The van der Waals surface area contributed by atoms with Crippen molar-refractivity contribution in [1.82, 2.24) is 9.97 Å². The standard InChI is InChI=1S/C14H7F2N3O3/c15-9-3-8(4-10(16)5-9)11-6-17-7-18-14(11)12-1-2-13(22-12)19(20)21/h1-7H. The van der Waals surface area contributed by atoms with E-state index in [4.69, 9.17) is 4.42 Å². The Morgan fingerprint density at radius 3 is 2.50 bits per heavy atom. The molecule has 0 amide bonds. The smallest absolute Gasteiger partial charge is 0.399 e. The van der Waals surface area contributed by atoms with Crippen LogP contribution in [0.1, 0.15) is 0 Å². The number of benzene rings is 1. The van der Waals surface area contributed by atoms with Crippen LogP contribution in [0.4, 0.5) is 14.7 Å². The van der Waals surface area contributed by atoms with Crippen molar-refractivity contribution in [2.24, 2.45) is 0 Å². The summed E-state index contributed by atoms with van der Waals surface area (Å²) in [6, 6.07) is 5.50. The molecule has 6 nitrogen and oxygen atoms in total. The maximum absolute atomic E-state index is 13.4. The predicted molar refractivity (Wildman–Crippen MR) is 71.7 cm³/mol. The van der Waals surface area contributed by atoms with E-state index >= 15 is 0 Å². The second-order valence-corrected chi connectivity index (χ2v) is 4.34. The van der Waals surface area contributed by atoms with Gasteiger partial charge in [-0.05, 0) is 23.8 Å². The molecular formula is C14H7F2N3O3. The Morgan fingerprint density at radius 1 is 1.14 bits per heavy atom. The second kappa shape index (κ2) is 5.32. The lowest BCUT2D eigenvalue weighted by Gasteiger charge is -2.06. The van der Waals surface area contributed by atoms with Crippen molar-refractivity contribution < 1.29 is 18.1 Å². The van der Waals surface area contributed by atoms with Gasteiger partial charge < -0.3 is 4.42 Å². The van der Waals surface area contributed by atoms with E-state index in [0.717, 1.165) is 18.2 Å². The topological polar surface area (TPSA) is 82.1 Å². The maximum Gasteiger partial charge on any atom is 0.433 e. The minimum Gasteiger partial charge on any atom is -0.399 e. The molecule has 0 atom stereocenters. The maximum atomic E-state index is 13.4. The molecule has 0 aliphatic carbocycles. The van der Waals surface area contributed by atoms with Crippen LogP contribution in [0.2, 0.25) is 0 Å². The largest absolute Gasteiger partial charge is 0.433 e. The van der Waals surface area contributed by atoms with Crippen molar-refractivity contribution in [1.29, 1.82) is 0 Å². The van der Waals surface area contributed by atoms with Crippen molar-refractivity contribution in [2.75, 3.05) is 0 Å². The Labute approximate surface area is 122 Å². The van der Waals surface area contributed by atoms with Crippen molar-refractivity contribution in [3.8, 4) is 22.6 Å². The van der Waals surface area contributed by atoms with Gasteiger partial charge in [0.15, 0.2) is 5.76 Å². The zero-order chi connectivity index (χ0) is 15.7. The molecule has 0 bridgehead atoms. The minimum atomic E-state index is -0.754. The van der Waals surface area contributed by atoms with E-state index in [-0.39, 0.29) is 17.0 Å². The first-order chi connectivity index (χ1) is 10.5. The van der Waals surface area contributed by atoms with E-state index in [1.165, 1.54) is 24.7 Å². The fraction of sp³-hybridized carbons (Fsp3) is 0. The van der Waals surface area contributed by atoms with Crippen LogP contribution in [0.3, 0.4) is 0 Å². The van der Waals surface area contributed by atoms with Gasteiger partial charge in [0.1, 0.15) is 28.6 Å². The Morgan fingerprint density at radius 2 is 1.86 bits per heavy atom. The summed E-state index contributed by atoms with van der Waals surface area (Å²) in [4.78, 5) is 17.8. The van der Waals surface area contributed by atoms with E-state index in [1.54, 1.807) is 0 Å². The highest BCUT2D eigenvalue weighted by atomic mass is 19.1. The van der Waals surface area contributed by atoms with Gasteiger partial charge in [-0.25, -0.2) is 18.7 Å². The number of hydrogen-bond donors (Lipinski definition) is 0. The molecule has 0 fully saturated rings. The monoisotopic (exact) mass is 303 g/mol. The highest BCUT2D eigenvalue weighted by molar-refractivity contribution is 5.78. The molecule has 8 heteroatoms. The summed E-state index contributed by atoms with van der Waals surface area (Å²) >= 11 is 0. The van der Waals surface area contributed by atoms with Gasteiger partial charge in [0.2, 0.25) is 0 Å². The number of nitrogens with zero attached hydrogens (tertiary/aromatic N) is 3. The molecule has 3 aromatic rings. The Hall–Kier alpha value is -3.16. The number of rotatable bonds is 3. The average Bonchev–Trinajstić information content (AvgIpc) is 2.96. The SMILES string of the molecule is O=[N+]([O-])c1ccc(-c2ncncc2-c2cc(F)cc(F)c2)o1. The Balaban J connectivity index is 2.15. The molecule has 110 valence electrons. The zero-order valence-electron chi connectivity index (χ0n) is 10.9. The minimum absolute atomic E-state index is 0.105. The van der Waals surface area contributed by atoms with Crippen LogP contribution < -0.4 is 0 Å². The van der Waals surface area contributed by atoms with Crippen molar-refractivity contribution >= 4 is 5.88 Å². The fourth-order valence-corrected chi connectivity index (χ4v) is 2.00. The van der Waals surface area contributed by atoms with Crippen LogP contribution >= 0.6 is 0 Å². The lowest BCUT2D eigenvalue weighted by molar-refractivity contribution is -0.401. The lowest BCUT2D eigenvalue weighted by Crippen LogP contribution is -1.91. The van der Waals surface area contributed by atoms with Crippen LogP contribution in [0.5, 0.6) is 0 Å². The summed E-state index contributed by atoms with van der Waals surface area (Å²) in [5, 5.41) is 10.7. The van der Waals surface area contributed by atoms with E-state index in [9.17, 15) is 18.9 Å². The van der Waals surface area contributed by atoms with Gasteiger partial charge in [-0.15, -0.1) is 0 Å². The van der Waals surface area contributed by atoms with Crippen LogP contribution in [0.15, 0.2) is 47.3 Å². The van der Waals surface area contributed by atoms with E-state index in [1.807, 2.05) is 0 Å². The molecule has 0 radical (unpaired) electrons. The third kappa shape index (κ3) is 2.53. The van der Waals surface area contributed by atoms with E-state index < -0.39 is 22.4 Å². The Kier molecular flexibility index (Phi) is 3.34. The molecular weight excluding hydrogens is 296 g/mol. The molecule has 0 N–H and O–H groups in total. The van der Waals surface area contributed by atoms with Crippen LogP contribution in [-0.4, -0.2) is 14.9 Å². The second-order valence-electron chi connectivity index (χ2n) is 4.34. The van der Waals surface area contributed by atoms with Gasteiger partial charge in [-0.2, -0.15) is 0 Å². The number of halogens is 2. The fourth-order valence-electron chi connectivity index (χ4n) is 2.00. The third-order valence-corrected chi connectivity index (χ3v) is 2.89. The summed E-state index contributed by atoms with van der Waals surface area (Å²) in [5.74, 6) is -1.86. The summed E-state index contributed by atoms with van der Waals surface area (Å²) < 4.78 is 31.8. The van der Waals surface area contributed by atoms with Gasteiger partial charge >= 0.3 is 5.88 Å². The summed E-state index contributed by atoms with van der Waals surface area (Å²) in [6.07, 6.45) is 2.56. The molecule has 22 heavy (non-hydrogen) atoms. The van der Waals surface area contributed by atoms with Gasteiger partial charge in [0, 0.05) is 17.8 Å². The number of aromatic nitrogens is 2. The van der Waals surface area contributed by atoms with E-state index in [0.29, 0.717) is 5.56 Å². The third-order valence-electron chi connectivity index (χ3n) is 2.89. The number of nitro groups is 1. The molecule has 3 rings (SSSR count). The zero-order valence-corrected chi connectivity index (χ0v) is 10.9. The molecule has 0 saturated carbocycles. The molecule has 0 saturated heterocycles.